The molecule has 0 aliphatic carbocycles. The number of rotatable bonds is 7. The number of benzene rings is 1. The van der Waals surface area contributed by atoms with Gasteiger partial charge in [0.15, 0.2) is 11.5 Å². The van der Waals surface area contributed by atoms with Gasteiger partial charge in [0.1, 0.15) is 6.54 Å². The van der Waals surface area contributed by atoms with Gasteiger partial charge >= 0.3 is 0 Å². The molecule has 0 saturated carbocycles. The van der Waals surface area contributed by atoms with Gasteiger partial charge in [-0.15, -0.1) is 0 Å². The van der Waals surface area contributed by atoms with Crippen LogP contribution in [0.3, 0.4) is 0 Å². The van der Waals surface area contributed by atoms with Crippen LogP contribution in [0.4, 0.5) is 0 Å². The molecule has 2 aromatic rings. The number of hydrogen-bond acceptors (Lipinski definition) is 4. The minimum atomic E-state index is 0.0966. The molecule has 0 radical (unpaired) electrons. The van der Waals surface area contributed by atoms with Crippen molar-refractivity contribution in [1.82, 2.24) is 14.5 Å². The second kappa shape index (κ2) is 7.38. The fraction of sp³-hybridized carbons (Fsp3) is 0.444. The van der Waals surface area contributed by atoms with Crippen LogP contribution in [0, 0.1) is 0 Å². The number of ether oxygens (including phenoxy) is 2. The average molecular weight is 329 g/mol. The van der Waals surface area contributed by atoms with E-state index in [0.717, 1.165) is 29.9 Å². The second-order valence-corrected chi connectivity index (χ2v) is 5.91. The molecule has 24 heavy (non-hydrogen) atoms. The quantitative estimate of drug-likeness (QED) is 0.784. The maximum absolute atomic E-state index is 12.8. The number of imidazole rings is 1. The Hall–Kier alpha value is -2.50. The largest absolute Gasteiger partial charge is 0.454 e. The maximum atomic E-state index is 12.8. The third-order valence-electron chi connectivity index (χ3n) is 4.37. The Morgan fingerprint density at radius 3 is 2.79 bits per heavy atom. The van der Waals surface area contributed by atoms with Crippen LogP contribution in [0.25, 0.3) is 0 Å². The Morgan fingerprint density at radius 1 is 1.29 bits per heavy atom. The molecular weight excluding hydrogens is 306 g/mol. The zero-order valence-corrected chi connectivity index (χ0v) is 14.1. The van der Waals surface area contributed by atoms with Crippen LogP contribution in [0.2, 0.25) is 0 Å². The summed E-state index contributed by atoms with van der Waals surface area (Å²) in [5.41, 5.74) is 1.05. The van der Waals surface area contributed by atoms with Gasteiger partial charge in [-0.2, -0.15) is 0 Å². The lowest BCUT2D eigenvalue weighted by molar-refractivity contribution is -0.135. The van der Waals surface area contributed by atoms with Crippen molar-refractivity contribution in [3.63, 3.8) is 0 Å². The Morgan fingerprint density at radius 2 is 2.08 bits per heavy atom. The van der Waals surface area contributed by atoms with E-state index in [1.54, 1.807) is 17.1 Å². The number of carbonyl (C=O) groups excluding carboxylic acids is 1. The molecule has 1 aliphatic heterocycles. The highest BCUT2D eigenvalue weighted by molar-refractivity contribution is 5.76. The SMILES string of the molecule is CCC(CC)N(Cc1ccc2c(c1)OCO2)C(=O)Cn1ccnc1. The molecule has 1 aliphatic rings. The first-order valence-electron chi connectivity index (χ1n) is 8.35. The van der Waals surface area contributed by atoms with Crippen molar-refractivity contribution >= 4 is 5.91 Å². The number of hydrogen-bond donors (Lipinski definition) is 0. The number of nitrogens with zero attached hydrogens (tertiary/aromatic N) is 3. The Labute approximate surface area is 142 Å². The maximum Gasteiger partial charge on any atom is 0.243 e. The monoisotopic (exact) mass is 329 g/mol. The molecule has 1 aromatic heterocycles. The molecule has 0 saturated heterocycles. The van der Waals surface area contributed by atoms with E-state index in [1.807, 2.05) is 29.3 Å². The predicted molar refractivity (Wildman–Crippen MR) is 89.7 cm³/mol. The molecule has 0 N–H and O–H groups in total. The molecule has 0 spiro atoms. The number of amides is 1. The first-order valence-corrected chi connectivity index (χ1v) is 8.35. The summed E-state index contributed by atoms with van der Waals surface area (Å²) < 4.78 is 12.6. The first-order chi connectivity index (χ1) is 11.7. The van der Waals surface area contributed by atoms with Gasteiger partial charge in [0.2, 0.25) is 12.7 Å². The number of fused-ring (bicyclic) bond motifs is 1. The van der Waals surface area contributed by atoms with E-state index in [1.165, 1.54) is 0 Å². The molecule has 3 rings (SSSR count). The molecule has 6 nitrogen and oxygen atoms in total. The van der Waals surface area contributed by atoms with Gasteiger partial charge in [-0.25, -0.2) is 4.98 Å². The van der Waals surface area contributed by atoms with Crippen molar-refractivity contribution in [3.05, 3.63) is 42.5 Å². The third-order valence-corrected chi connectivity index (χ3v) is 4.37. The van der Waals surface area contributed by atoms with Gasteiger partial charge in [-0.1, -0.05) is 19.9 Å². The Balaban J connectivity index is 1.77. The van der Waals surface area contributed by atoms with Gasteiger partial charge in [0, 0.05) is 25.0 Å². The van der Waals surface area contributed by atoms with E-state index >= 15 is 0 Å². The summed E-state index contributed by atoms with van der Waals surface area (Å²) in [6, 6.07) is 6.07. The van der Waals surface area contributed by atoms with Crippen molar-refractivity contribution in [2.75, 3.05) is 6.79 Å². The van der Waals surface area contributed by atoms with E-state index in [4.69, 9.17) is 9.47 Å². The molecule has 0 unspecified atom stereocenters. The summed E-state index contributed by atoms with van der Waals surface area (Å²) in [6.07, 6.45) is 7.02. The molecule has 2 heterocycles. The molecule has 6 heteroatoms. The summed E-state index contributed by atoms with van der Waals surface area (Å²) in [7, 11) is 0. The first kappa shape index (κ1) is 16.4. The lowest BCUT2D eigenvalue weighted by atomic mass is 10.1. The van der Waals surface area contributed by atoms with Gasteiger partial charge in [-0.3, -0.25) is 4.79 Å². The van der Waals surface area contributed by atoms with Crippen LogP contribution in [-0.2, 0) is 17.9 Å². The minimum Gasteiger partial charge on any atom is -0.454 e. The van der Waals surface area contributed by atoms with Crippen LogP contribution in [-0.4, -0.2) is 33.2 Å². The van der Waals surface area contributed by atoms with Crippen LogP contribution in [0.1, 0.15) is 32.3 Å². The van der Waals surface area contributed by atoms with Gasteiger partial charge in [0.05, 0.1) is 6.33 Å². The summed E-state index contributed by atoms with van der Waals surface area (Å²) in [5.74, 6) is 1.61. The van der Waals surface area contributed by atoms with Gasteiger partial charge < -0.3 is 18.9 Å². The van der Waals surface area contributed by atoms with E-state index in [0.29, 0.717) is 13.1 Å². The Bertz CT molecular complexity index is 681. The fourth-order valence-electron chi connectivity index (χ4n) is 3.01. The minimum absolute atomic E-state index is 0.0966. The van der Waals surface area contributed by atoms with Crippen LogP contribution in [0.5, 0.6) is 11.5 Å². The lowest BCUT2D eigenvalue weighted by Crippen LogP contribution is -2.41. The van der Waals surface area contributed by atoms with Crippen molar-refractivity contribution in [2.45, 2.75) is 45.8 Å². The highest BCUT2D eigenvalue weighted by Gasteiger charge is 2.23. The van der Waals surface area contributed by atoms with E-state index < -0.39 is 0 Å². The van der Waals surface area contributed by atoms with Crippen LogP contribution in [0.15, 0.2) is 36.9 Å². The van der Waals surface area contributed by atoms with Gasteiger partial charge in [0.25, 0.3) is 0 Å². The van der Waals surface area contributed by atoms with E-state index in [9.17, 15) is 4.79 Å². The van der Waals surface area contributed by atoms with Crippen LogP contribution < -0.4 is 9.47 Å². The summed E-state index contributed by atoms with van der Waals surface area (Å²) in [5, 5.41) is 0. The van der Waals surface area contributed by atoms with Crippen molar-refractivity contribution in [1.29, 1.82) is 0 Å². The van der Waals surface area contributed by atoms with Crippen molar-refractivity contribution in [3.8, 4) is 11.5 Å². The Kier molecular flexibility index (Phi) is 5.03. The molecule has 0 bridgehead atoms. The van der Waals surface area contributed by atoms with Crippen molar-refractivity contribution < 1.29 is 14.3 Å². The topological polar surface area (TPSA) is 56.6 Å². The normalized spacial score (nSPS) is 12.6. The molecule has 0 fully saturated rings. The van der Waals surface area contributed by atoms with Crippen molar-refractivity contribution in [2.24, 2.45) is 0 Å². The van der Waals surface area contributed by atoms with Crippen LogP contribution >= 0.6 is 0 Å². The van der Waals surface area contributed by atoms with E-state index in [-0.39, 0.29) is 18.7 Å². The van der Waals surface area contributed by atoms with E-state index in [2.05, 4.69) is 18.8 Å². The molecule has 0 atom stereocenters. The zero-order valence-electron chi connectivity index (χ0n) is 14.1. The fourth-order valence-corrected chi connectivity index (χ4v) is 3.01. The van der Waals surface area contributed by atoms with Gasteiger partial charge in [-0.05, 0) is 30.5 Å². The summed E-state index contributed by atoms with van der Waals surface area (Å²) in [6.45, 7) is 5.36. The average Bonchev–Trinajstić information content (AvgIpc) is 3.25. The highest BCUT2D eigenvalue weighted by atomic mass is 16.7. The summed E-state index contributed by atoms with van der Waals surface area (Å²) >= 11 is 0. The standard InChI is InChI=1S/C18H23N3O3/c1-3-15(4-2)21(18(22)11-20-8-7-19-12-20)10-14-5-6-16-17(9-14)24-13-23-16/h5-9,12,15H,3-4,10-11,13H2,1-2H3. The highest BCUT2D eigenvalue weighted by Crippen LogP contribution is 2.33. The predicted octanol–water partition coefficient (Wildman–Crippen LogP) is 2.83. The zero-order chi connectivity index (χ0) is 16.9. The number of carbonyl (C=O) groups is 1. The molecule has 128 valence electrons. The number of aromatic nitrogens is 2. The summed E-state index contributed by atoms with van der Waals surface area (Å²) in [4.78, 5) is 18.8. The second-order valence-electron chi connectivity index (χ2n) is 5.91. The smallest absolute Gasteiger partial charge is 0.243 e. The molecular formula is C18H23N3O3. The molecule has 1 aromatic carbocycles. The molecule has 1 amide bonds. The lowest BCUT2D eigenvalue weighted by Gasteiger charge is -2.31. The third kappa shape index (κ3) is 3.53.